The Kier molecular flexibility index (Phi) is 10.4. The van der Waals surface area contributed by atoms with Crippen molar-refractivity contribution in [1.82, 2.24) is 0 Å². The number of nitrogens with zero attached hydrogens (tertiary/aromatic N) is 2. The summed E-state index contributed by atoms with van der Waals surface area (Å²) in [7, 11) is 1.25. The molecule has 0 saturated carbocycles. The van der Waals surface area contributed by atoms with Gasteiger partial charge in [-0.3, -0.25) is 0 Å². The Morgan fingerprint density at radius 3 is 0.966 bits per heavy atom. The zero-order valence-corrected chi connectivity index (χ0v) is 37.0. The Morgan fingerprint density at radius 1 is 0.390 bits per heavy atom. The van der Waals surface area contributed by atoms with Gasteiger partial charge in [-0.05, 0) is 125 Å². The van der Waals surface area contributed by atoms with E-state index in [1.54, 1.807) is 0 Å². The van der Waals surface area contributed by atoms with E-state index in [4.69, 9.17) is 9.98 Å². The average molecular weight is 935 g/mol. The van der Waals surface area contributed by atoms with Gasteiger partial charge in [0.15, 0.2) is 0 Å². The first-order chi connectivity index (χ1) is 28.9. The number of aliphatic imine (C=N–C) groups is 2. The van der Waals surface area contributed by atoms with Crippen LogP contribution in [0.5, 0.6) is 0 Å². The van der Waals surface area contributed by atoms with E-state index in [-0.39, 0.29) is 0 Å². The summed E-state index contributed by atoms with van der Waals surface area (Å²) in [5.74, 6) is 0. The summed E-state index contributed by atoms with van der Waals surface area (Å²) in [6.07, 6.45) is 3.91. The van der Waals surface area contributed by atoms with Gasteiger partial charge in [-0.15, -0.1) is 0 Å². The molecule has 0 atom stereocenters. The average Bonchev–Trinajstić information content (AvgIpc) is 3.56. The molecule has 10 bridgehead atoms. The molecule has 5 heteroatoms. The van der Waals surface area contributed by atoms with Crippen molar-refractivity contribution >= 4 is 62.0 Å². The van der Waals surface area contributed by atoms with E-state index in [1.165, 1.54) is 77.3 Å². The van der Waals surface area contributed by atoms with Gasteiger partial charge in [0, 0.05) is 38.8 Å². The molecule has 6 heterocycles. The van der Waals surface area contributed by atoms with Crippen LogP contribution in [0.1, 0.15) is 44.5 Å². The van der Waals surface area contributed by atoms with Crippen LogP contribution in [0.25, 0.3) is 55.3 Å². The van der Waals surface area contributed by atoms with E-state index in [1.807, 2.05) is 0 Å². The molecule has 0 N–H and O–H groups in total. The predicted octanol–water partition coefficient (Wildman–Crippen LogP) is 15.3. The number of hydrogen-bond donors (Lipinski definition) is 0. The standard InChI is InChI=1S/C54H40N2.2BrH.Ni/c1-33-29-46-39-21-13-35(14-22-39)9-11-37-17-25-41(26-18-37)48-31-34(2)32-49-42-27-19-38(20-28-42)12-10-36-15-23-40(24-16-36)47(30-33)51(46)55-53-44-7-3-5-43-6-4-8-45(50(43)44)54(53)56-52(48)49;;;/h3-8,13-32H,9-12H2,1-2H3;2*1H;/q;;;+2/p-2. The quantitative estimate of drug-likeness (QED) is 0.135. The fraction of sp³-hybridized carbons (Fsp3) is 0.111. The van der Waals surface area contributed by atoms with Crippen LogP contribution in [0, 0.1) is 13.8 Å². The third-order valence-electron chi connectivity index (χ3n) is 12.1. The van der Waals surface area contributed by atoms with Crippen LogP contribution in [0.15, 0.2) is 168 Å². The zero-order valence-electron chi connectivity index (χ0n) is 32.8. The van der Waals surface area contributed by atoms with E-state index >= 15 is 0 Å². The molecule has 0 saturated heterocycles. The van der Waals surface area contributed by atoms with Crippen LogP contribution in [-0.2, 0) is 36.6 Å². The van der Waals surface area contributed by atoms with Crippen LogP contribution in [0.3, 0.4) is 0 Å². The maximum absolute atomic E-state index is 5.88. The maximum atomic E-state index is 5.88. The van der Waals surface area contributed by atoms with Crippen LogP contribution >= 0.6 is 28.5 Å². The van der Waals surface area contributed by atoms with Gasteiger partial charge in [-0.1, -0.05) is 133 Å². The molecule has 6 aliphatic heterocycles. The Morgan fingerprint density at radius 2 is 0.678 bits per heavy atom. The molecule has 8 aromatic carbocycles. The normalized spacial score (nSPS) is 13.5. The third-order valence-corrected chi connectivity index (χ3v) is 12.1. The third kappa shape index (κ3) is 7.29. The van der Waals surface area contributed by atoms with Gasteiger partial charge in [0.05, 0.1) is 22.8 Å². The van der Waals surface area contributed by atoms with Crippen molar-refractivity contribution in [2.24, 2.45) is 9.98 Å². The number of halogens is 2. The molecule has 1 aliphatic carbocycles. The summed E-state index contributed by atoms with van der Waals surface area (Å²) in [6, 6.07) is 59.2. The van der Waals surface area contributed by atoms with Crippen molar-refractivity contribution < 1.29 is 10.9 Å². The van der Waals surface area contributed by atoms with Gasteiger partial charge in [-0.25, -0.2) is 9.98 Å². The molecule has 0 spiro atoms. The summed E-state index contributed by atoms with van der Waals surface area (Å²) in [5.41, 5.74) is 22.9. The Balaban J connectivity index is 0.00000136. The predicted molar refractivity (Wildman–Crippen MR) is 253 cm³/mol. The van der Waals surface area contributed by atoms with Crippen LogP contribution in [0.2, 0.25) is 0 Å². The van der Waals surface area contributed by atoms with Crippen LogP contribution < -0.4 is 0 Å². The minimum absolute atomic E-state index is 0.904. The molecule has 15 rings (SSSR count). The fourth-order valence-corrected chi connectivity index (χ4v) is 9.10. The van der Waals surface area contributed by atoms with E-state index in [0.29, 0.717) is 0 Å². The van der Waals surface area contributed by atoms with Crippen molar-refractivity contribution in [2.75, 3.05) is 0 Å². The van der Waals surface area contributed by atoms with E-state index < -0.39 is 0 Å². The molecule has 0 aromatic heterocycles. The number of hydrogen-bond acceptors (Lipinski definition) is 2. The number of benzene rings is 8. The van der Waals surface area contributed by atoms with Gasteiger partial charge in [0.2, 0.25) is 0 Å². The van der Waals surface area contributed by atoms with E-state index in [9.17, 15) is 0 Å². The van der Waals surface area contributed by atoms with Crippen LogP contribution in [-0.4, -0.2) is 11.4 Å². The molecule has 2 nitrogen and oxygen atoms in total. The number of aryl methyl sites for hydroxylation is 6. The second kappa shape index (κ2) is 16.1. The van der Waals surface area contributed by atoms with Crippen molar-refractivity contribution in [2.45, 2.75) is 39.5 Å². The Labute approximate surface area is 366 Å². The molecular weight excluding hydrogens is 895 g/mol. The SMILES string of the molecule is Cc1cc2c3c(c1)-c1ccc(cc1)CCc1ccc(cc1)-c1cc(C)cc(c1N=C1C(=N3)c3cccc4cccc1c34)-c1ccc(cc1)CCc1ccc-2cc1.[Br][Ni][Br]. The van der Waals surface area contributed by atoms with Crippen molar-refractivity contribution in [3.05, 3.63) is 202 Å². The first-order valence-corrected chi connectivity index (χ1v) is 25.0. The molecule has 290 valence electrons. The van der Waals surface area contributed by atoms with Gasteiger partial charge < -0.3 is 0 Å². The zero-order chi connectivity index (χ0) is 40.0. The van der Waals surface area contributed by atoms with E-state index in [0.717, 1.165) is 81.9 Å². The molecular formula is C54H40Br2N2Ni. The van der Waals surface area contributed by atoms with Crippen molar-refractivity contribution in [3.8, 4) is 44.5 Å². The summed E-state index contributed by atoms with van der Waals surface area (Å²) < 4.78 is 0. The van der Waals surface area contributed by atoms with Gasteiger partial charge in [0.25, 0.3) is 0 Å². The molecule has 0 unspecified atom stereocenters. The second-order valence-electron chi connectivity index (χ2n) is 15.9. The Hall–Kier alpha value is -5.19. The molecule has 59 heavy (non-hydrogen) atoms. The topological polar surface area (TPSA) is 24.7 Å². The second-order valence-corrected chi connectivity index (χ2v) is 20.9. The molecule has 8 aromatic rings. The summed E-state index contributed by atoms with van der Waals surface area (Å²) in [6.45, 7) is 4.41. The summed E-state index contributed by atoms with van der Waals surface area (Å²) in [4.78, 5) is 11.8. The first-order valence-electron chi connectivity index (χ1n) is 20.1. The Bertz CT molecular complexity index is 2630. The fourth-order valence-electron chi connectivity index (χ4n) is 9.10. The van der Waals surface area contributed by atoms with E-state index in [2.05, 4.69) is 200 Å². The molecule has 0 fully saturated rings. The first kappa shape index (κ1) is 38.0. The summed E-state index contributed by atoms with van der Waals surface area (Å²) in [5, 5.41) is 2.40. The molecule has 0 radical (unpaired) electrons. The number of rotatable bonds is 0. The van der Waals surface area contributed by atoms with Crippen molar-refractivity contribution in [1.29, 1.82) is 0 Å². The monoisotopic (exact) mass is 932 g/mol. The van der Waals surface area contributed by atoms with Gasteiger partial charge in [0.1, 0.15) is 0 Å². The van der Waals surface area contributed by atoms with Crippen LogP contribution in [0.4, 0.5) is 11.4 Å². The molecule has 7 aliphatic rings. The van der Waals surface area contributed by atoms with Gasteiger partial charge in [-0.2, -0.15) is 0 Å². The molecule has 0 amide bonds. The van der Waals surface area contributed by atoms with Gasteiger partial charge >= 0.3 is 39.3 Å². The minimum atomic E-state index is 0.904. The summed E-state index contributed by atoms with van der Waals surface area (Å²) >= 11 is 6.00. The number of fused-ring (bicyclic) bond motifs is 4. The van der Waals surface area contributed by atoms with Crippen molar-refractivity contribution in [3.63, 3.8) is 0 Å².